The summed E-state index contributed by atoms with van der Waals surface area (Å²) in [5, 5.41) is 0.207. The summed E-state index contributed by atoms with van der Waals surface area (Å²) < 4.78 is 62.8. The fourth-order valence-corrected chi connectivity index (χ4v) is 2.08. The van der Waals surface area contributed by atoms with Gasteiger partial charge in [0.2, 0.25) is 5.91 Å². The molecule has 20 heavy (non-hydrogen) atoms. The predicted octanol–water partition coefficient (Wildman–Crippen LogP) is 3.15. The number of benzene rings is 2. The lowest BCUT2D eigenvalue weighted by Gasteiger charge is -2.18. The molecule has 3 nitrogen and oxygen atoms in total. The average Bonchev–Trinajstić information content (AvgIpc) is 2.75. The highest BCUT2D eigenvalue weighted by molar-refractivity contribution is 6.32. The van der Waals surface area contributed by atoms with Crippen LogP contribution in [0.2, 0.25) is 5.02 Å². The van der Waals surface area contributed by atoms with Crippen molar-refractivity contribution in [2.45, 2.75) is 0 Å². The Morgan fingerprint density at radius 2 is 2.15 bits per heavy atom. The molecule has 2 aromatic rings. The number of hydrogen-bond donors (Lipinski definition) is 0. The van der Waals surface area contributed by atoms with Gasteiger partial charge in [0.25, 0.3) is 0 Å². The highest BCUT2D eigenvalue weighted by atomic mass is 35.5. The molecule has 0 aromatic heterocycles. The van der Waals surface area contributed by atoms with E-state index in [2.05, 4.69) is 4.99 Å². The maximum Gasteiger partial charge on any atom is 0.248 e. The quantitative estimate of drug-likeness (QED) is 0.795. The van der Waals surface area contributed by atoms with Crippen molar-refractivity contribution in [2.24, 2.45) is 4.99 Å². The fourth-order valence-electron chi connectivity index (χ4n) is 1.91. The molecule has 1 amide bonds. The molecule has 1 aliphatic rings. The van der Waals surface area contributed by atoms with E-state index in [1.54, 1.807) is 0 Å². The molecule has 0 atom stereocenters. The zero-order valence-electron chi connectivity index (χ0n) is 18.1. The number of amides is 1. The summed E-state index contributed by atoms with van der Waals surface area (Å²) in [7, 11) is 0. The first-order valence-corrected chi connectivity index (χ1v) is 6.07. The van der Waals surface area contributed by atoms with Crippen LogP contribution in [0.25, 0.3) is 0 Å². The SMILES string of the molecule is [2H]c1c([2H])c([2H])c(C2=NCC(=O)N(C([2H])([2H])[2H])c3ccc(Cl)cc32)c([2H])c1[2H]. The first kappa shape index (κ1) is 6.55. The van der Waals surface area contributed by atoms with Gasteiger partial charge < -0.3 is 4.90 Å². The summed E-state index contributed by atoms with van der Waals surface area (Å²) in [6.07, 6.45) is 0. The van der Waals surface area contributed by atoms with Gasteiger partial charge in [-0.2, -0.15) is 0 Å². The molecule has 0 saturated heterocycles. The van der Waals surface area contributed by atoms with E-state index < -0.39 is 49.6 Å². The van der Waals surface area contributed by atoms with Crippen molar-refractivity contribution in [2.75, 3.05) is 18.4 Å². The van der Waals surface area contributed by atoms with E-state index in [1.807, 2.05) is 0 Å². The van der Waals surface area contributed by atoms with Gasteiger partial charge in [0.05, 0.1) is 18.3 Å². The van der Waals surface area contributed by atoms with Gasteiger partial charge in [-0.25, -0.2) is 0 Å². The number of fused-ring (bicyclic) bond motifs is 1. The molecule has 0 fully saturated rings. The van der Waals surface area contributed by atoms with Crippen LogP contribution in [-0.2, 0) is 4.79 Å². The lowest BCUT2D eigenvalue weighted by molar-refractivity contribution is -0.116. The van der Waals surface area contributed by atoms with Crippen LogP contribution in [0.1, 0.15) is 22.1 Å². The number of likely N-dealkylation sites (N-methyl/N-ethyl adjacent to an activating group) is 1. The number of benzodiazepines with no additional fused rings is 1. The molecular formula is C16H13ClN2O. The Kier molecular flexibility index (Phi) is 1.67. The first-order valence-electron chi connectivity index (χ1n) is 9.70. The molecular weight excluding hydrogens is 272 g/mol. The van der Waals surface area contributed by atoms with Crippen molar-refractivity contribution in [3.05, 3.63) is 64.6 Å². The summed E-state index contributed by atoms with van der Waals surface area (Å²) in [6, 6.07) is 1.37. The highest BCUT2D eigenvalue weighted by Crippen LogP contribution is 2.28. The summed E-state index contributed by atoms with van der Waals surface area (Å²) in [6.45, 7) is -3.37. The number of nitrogens with zero attached hydrogens (tertiary/aromatic N) is 2. The van der Waals surface area contributed by atoms with Gasteiger partial charge in [-0.1, -0.05) is 41.8 Å². The molecule has 3 rings (SSSR count). The van der Waals surface area contributed by atoms with Gasteiger partial charge in [-0.15, -0.1) is 0 Å². The zero-order valence-corrected chi connectivity index (χ0v) is 10.9. The molecule has 4 heteroatoms. The first-order chi connectivity index (χ1) is 12.9. The number of anilines is 1. The van der Waals surface area contributed by atoms with Crippen molar-refractivity contribution in [3.63, 3.8) is 0 Å². The standard InChI is InChI=1S/C16H13ClN2O/c1-19-14-8-7-12(17)9-13(14)16(18-10-15(19)20)11-5-3-2-4-6-11/h2-9H,10H2,1H3/i1D3,2D,3D,4D,5D,6D. The average molecular weight is 293 g/mol. The lowest BCUT2D eigenvalue weighted by Crippen LogP contribution is -2.27. The zero-order chi connectivity index (χ0) is 21.0. The van der Waals surface area contributed by atoms with Gasteiger partial charge in [0, 0.05) is 27.2 Å². The van der Waals surface area contributed by atoms with Crippen molar-refractivity contribution < 1.29 is 15.8 Å². The van der Waals surface area contributed by atoms with Gasteiger partial charge in [0.1, 0.15) is 6.54 Å². The molecule has 0 unspecified atom stereocenters. The van der Waals surface area contributed by atoms with Crippen LogP contribution in [0.15, 0.2) is 53.4 Å². The van der Waals surface area contributed by atoms with Crippen molar-refractivity contribution in [1.82, 2.24) is 0 Å². The minimum atomic E-state index is -2.80. The van der Waals surface area contributed by atoms with Crippen LogP contribution in [0.5, 0.6) is 0 Å². The molecule has 0 radical (unpaired) electrons. The smallest absolute Gasteiger partial charge is 0.248 e. The van der Waals surface area contributed by atoms with Gasteiger partial charge in [-0.05, 0) is 18.2 Å². The van der Waals surface area contributed by atoms with E-state index in [0.29, 0.717) is 4.90 Å². The lowest BCUT2D eigenvalue weighted by atomic mass is 10.0. The maximum absolute atomic E-state index is 12.5. The minimum absolute atomic E-state index is 0.0301. The monoisotopic (exact) mass is 292 g/mol. The summed E-state index contributed by atoms with van der Waals surface area (Å²) >= 11 is 6.05. The molecule has 0 saturated carbocycles. The molecule has 100 valence electrons. The van der Waals surface area contributed by atoms with E-state index in [1.165, 1.54) is 18.2 Å². The molecule has 0 spiro atoms. The molecule has 0 bridgehead atoms. The van der Waals surface area contributed by atoms with E-state index in [4.69, 9.17) is 22.6 Å². The third kappa shape index (κ3) is 2.21. The number of carbonyl (C=O) groups excluding carboxylic acids is 1. The van der Waals surface area contributed by atoms with Crippen molar-refractivity contribution >= 4 is 28.9 Å². The number of rotatable bonds is 1. The number of carbonyl (C=O) groups is 1. The van der Waals surface area contributed by atoms with Crippen LogP contribution in [-0.4, -0.2) is 25.1 Å². The Morgan fingerprint density at radius 1 is 1.35 bits per heavy atom. The van der Waals surface area contributed by atoms with Crippen LogP contribution < -0.4 is 4.90 Å². The Labute approximate surface area is 133 Å². The summed E-state index contributed by atoms with van der Waals surface area (Å²) in [5.41, 5.74) is -0.255. The second-order valence-electron chi connectivity index (χ2n) is 4.06. The van der Waals surface area contributed by atoms with Crippen LogP contribution in [0, 0.1) is 0 Å². The number of halogens is 1. The maximum atomic E-state index is 12.5. The minimum Gasteiger partial charge on any atom is -0.313 e. The van der Waals surface area contributed by atoms with Gasteiger partial charge >= 0.3 is 0 Å². The molecule has 2 aromatic carbocycles. The Balaban J connectivity index is 2.38. The van der Waals surface area contributed by atoms with Crippen molar-refractivity contribution in [3.8, 4) is 0 Å². The molecule has 1 heterocycles. The van der Waals surface area contributed by atoms with E-state index in [-0.39, 0.29) is 27.5 Å². The summed E-state index contributed by atoms with van der Waals surface area (Å²) in [4.78, 5) is 17.2. The van der Waals surface area contributed by atoms with Gasteiger partial charge in [-0.3, -0.25) is 9.79 Å². The predicted molar refractivity (Wildman–Crippen MR) is 81.8 cm³/mol. The third-order valence-electron chi connectivity index (χ3n) is 2.81. The van der Waals surface area contributed by atoms with Gasteiger partial charge in [0.15, 0.2) is 0 Å². The number of hydrogen-bond acceptors (Lipinski definition) is 2. The second-order valence-corrected chi connectivity index (χ2v) is 4.49. The van der Waals surface area contributed by atoms with Crippen LogP contribution in [0.3, 0.4) is 0 Å². The normalized spacial score (nSPS) is 20.9. The highest BCUT2D eigenvalue weighted by Gasteiger charge is 2.22. The fraction of sp³-hybridized carbons (Fsp3) is 0.125. The Morgan fingerprint density at radius 3 is 2.90 bits per heavy atom. The van der Waals surface area contributed by atoms with E-state index in [9.17, 15) is 4.79 Å². The van der Waals surface area contributed by atoms with Crippen LogP contribution >= 0.6 is 11.6 Å². The van der Waals surface area contributed by atoms with Crippen LogP contribution in [0.4, 0.5) is 5.69 Å². The van der Waals surface area contributed by atoms with E-state index >= 15 is 0 Å². The Hall–Kier alpha value is -2.13. The molecule has 1 aliphatic heterocycles. The summed E-state index contributed by atoms with van der Waals surface area (Å²) in [5.74, 6) is -0.814. The largest absolute Gasteiger partial charge is 0.313 e. The second kappa shape index (κ2) is 5.10. The molecule has 0 aliphatic carbocycles. The molecule has 0 N–H and O–H groups in total. The number of aliphatic imine (C=N–C) groups is 1. The topological polar surface area (TPSA) is 32.7 Å². The third-order valence-corrected chi connectivity index (χ3v) is 3.05. The van der Waals surface area contributed by atoms with Crippen molar-refractivity contribution in [1.29, 1.82) is 0 Å². The van der Waals surface area contributed by atoms with E-state index in [0.717, 1.165) is 0 Å². The Bertz CT molecular complexity index is 1010.